The lowest BCUT2D eigenvalue weighted by Crippen LogP contribution is -2.70. The molecule has 36 heavy (non-hydrogen) atoms. The molecular formula is C25H29N7O4. The topological polar surface area (TPSA) is 148 Å². The fourth-order valence-corrected chi connectivity index (χ4v) is 4.52. The molecule has 0 aliphatic carbocycles. The number of pyridine rings is 1. The Bertz CT molecular complexity index is 1210. The van der Waals surface area contributed by atoms with E-state index in [1.165, 1.54) is 7.05 Å². The van der Waals surface area contributed by atoms with Crippen molar-refractivity contribution in [2.75, 3.05) is 17.7 Å². The van der Waals surface area contributed by atoms with Gasteiger partial charge in [-0.25, -0.2) is 9.78 Å². The lowest BCUT2D eigenvalue weighted by molar-refractivity contribution is -0.156. The highest BCUT2D eigenvalue weighted by atomic mass is 16.4. The number of rotatable bonds is 8. The molecule has 3 aromatic rings. The summed E-state index contributed by atoms with van der Waals surface area (Å²) in [6, 6.07) is 11.0. The molecule has 3 heterocycles. The van der Waals surface area contributed by atoms with Crippen LogP contribution in [0, 0.1) is 12.8 Å². The Morgan fingerprint density at radius 3 is 2.64 bits per heavy atom. The summed E-state index contributed by atoms with van der Waals surface area (Å²) >= 11 is 0. The highest BCUT2D eigenvalue weighted by Crippen LogP contribution is 2.33. The van der Waals surface area contributed by atoms with Gasteiger partial charge in [0.25, 0.3) is 5.91 Å². The molecule has 11 heteroatoms. The maximum atomic E-state index is 13.5. The number of imide groups is 1. The number of carbonyl (C=O) groups is 3. The number of benzene rings is 1. The maximum absolute atomic E-state index is 13.5. The number of nitrogens with one attached hydrogen (secondary N) is 1. The summed E-state index contributed by atoms with van der Waals surface area (Å²) in [5.74, 6) is -1.40. The standard InChI is InChI=1S/C25H29N7O4/c1-4-8-19(17-9-6-5-7-10-17)29-24(35)32-21(23(34)31(3)25-30-27-14-36-25)18(22(32)33)12-16-11-15(2)28-20(26)13-16/h5-7,9-11,13-14,18-19,21H,4,8,12H2,1-3H3,(H2,26,28)(H,29,35)/t18-,19-,21+/m1/s1. The zero-order valence-electron chi connectivity index (χ0n) is 20.4. The Kier molecular flexibility index (Phi) is 7.28. The Morgan fingerprint density at radius 2 is 2.00 bits per heavy atom. The first-order chi connectivity index (χ1) is 17.3. The lowest BCUT2D eigenvalue weighted by atomic mass is 9.81. The largest absolute Gasteiger partial charge is 0.411 e. The molecule has 0 unspecified atom stereocenters. The SMILES string of the molecule is CCC[C@@H](NC(=O)N1C(=O)[C@H](Cc2cc(C)nc(N)c2)[C@H]1C(=O)N(C)c1nnco1)c1ccccc1. The van der Waals surface area contributed by atoms with Crippen molar-refractivity contribution >= 4 is 29.7 Å². The van der Waals surface area contributed by atoms with Crippen LogP contribution in [-0.4, -0.2) is 51.0 Å². The number of likely N-dealkylation sites (N-methyl/N-ethyl adjacent to an activating group) is 1. The normalized spacial score (nSPS) is 17.9. The number of nitrogen functional groups attached to an aromatic ring is 1. The van der Waals surface area contributed by atoms with Gasteiger partial charge in [-0.2, -0.15) is 0 Å². The van der Waals surface area contributed by atoms with Crippen LogP contribution in [0.1, 0.15) is 42.6 Å². The Labute approximate surface area is 208 Å². The van der Waals surface area contributed by atoms with Gasteiger partial charge in [-0.05, 0) is 43.0 Å². The minimum atomic E-state index is -1.05. The van der Waals surface area contributed by atoms with Crippen molar-refractivity contribution < 1.29 is 18.8 Å². The van der Waals surface area contributed by atoms with Crippen molar-refractivity contribution in [2.45, 2.75) is 45.2 Å². The fraction of sp³-hybridized carbons (Fsp3) is 0.360. The molecule has 11 nitrogen and oxygen atoms in total. The van der Waals surface area contributed by atoms with Gasteiger partial charge < -0.3 is 15.5 Å². The van der Waals surface area contributed by atoms with E-state index in [0.29, 0.717) is 17.9 Å². The van der Waals surface area contributed by atoms with Crippen LogP contribution >= 0.6 is 0 Å². The van der Waals surface area contributed by atoms with E-state index in [-0.39, 0.29) is 18.5 Å². The van der Waals surface area contributed by atoms with Crippen LogP contribution in [0.3, 0.4) is 0 Å². The molecule has 4 rings (SSSR count). The first kappa shape index (κ1) is 24.8. The van der Waals surface area contributed by atoms with Gasteiger partial charge in [0.15, 0.2) is 0 Å². The van der Waals surface area contributed by atoms with E-state index in [2.05, 4.69) is 20.5 Å². The number of hydrogen-bond donors (Lipinski definition) is 2. The second kappa shape index (κ2) is 10.5. The van der Waals surface area contributed by atoms with Gasteiger partial charge in [-0.1, -0.05) is 48.8 Å². The average molecular weight is 492 g/mol. The summed E-state index contributed by atoms with van der Waals surface area (Å²) in [6.07, 6.45) is 2.82. The van der Waals surface area contributed by atoms with Crippen molar-refractivity contribution in [3.05, 3.63) is 65.7 Å². The predicted molar refractivity (Wildman–Crippen MR) is 132 cm³/mol. The smallest absolute Gasteiger partial charge is 0.325 e. The Hall–Kier alpha value is -4.28. The molecule has 1 aliphatic heterocycles. The number of aryl methyl sites for hydroxylation is 1. The monoisotopic (exact) mass is 491 g/mol. The number of likely N-dealkylation sites (tertiary alicyclic amines) is 1. The zero-order valence-corrected chi connectivity index (χ0v) is 20.4. The molecule has 3 atom stereocenters. The summed E-state index contributed by atoms with van der Waals surface area (Å²) in [5, 5.41) is 10.3. The fourth-order valence-electron chi connectivity index (χ4n) is 4.52. The number of β-lactam (4-membered cyclic amide) rings is 1. The van der Waals surface area contributed by atoms with E-state index in [9.17, 15) is 14.4 Å². The zero-order chi connectivity index (χ0) is 25.8. The van der Waals surface area contributed by atoms with Crippen LogP contribution in [0.2, 0.25) is 0 Å². The molecule has 0 bridgehead atoms. The molecule has 2 aromatic heterocycles. The molecule has 1 saturated heterocycles. The van der Waals surface area contributed by atoms with Gasteiger partial charge in [-0.15, -0.1) is 5.10 Å². The number of aromatic nitrogens is 3. The number of anilines is 2. The van der Waals surface area contributed by atoms with E-state index in [4.69, 9.17) is 10.2 Å². The first-order valence-corrected chi connectivity index (χ1v) is 11.8. The van der Waals surface area contributed by atoms with Gasteiger partial charge in [0.05, 0.1) is 12.0 Å². The second-order valence-electron chi connectivity index (χ2n) is 8.83. The third kappa shape index (κ3) is 5.04. The number of nitrogens with zero attached hydrogens (tertiary/aromatic N) is 5. The van der Waals surface area contributed by atoms with Crippen molar-refractivity contribution in [3.63, 3.8) is 0 Å². The number of hydrogen-bond acceptors (Lipinski definition) is 8. The van der Waals surface area contributed by atoms with Crippen LogP contribution in [0.4, 0.5) is 16.6 Å². The van der Waals surface area contributed by atoms with Crippen LogP contribution in [0.25, 0.3) is 0 Å². The molecule has 188 valence electrons. The predicted octanol–water partition coefficient (Wildman–Crippen LogP) is 2.64. The van der Waals surface area contributed by atoms with Crippen LogP contribution in [-0.2, 0) is 16.0 Å². The lowest BCUT2D eigenvalue weighted by Gasteiger charge is -2.45. The van der Waals surface area contributed by atoms with Crippen LogP contribution in [0.5, 0.6) is 0 Å². The van der Waals surface area contributed by atoms with E-state index in [1.807, 2.05) is 43.3 Å². The van der Waals surface area contributed by atoms with Crippen molar-refractivity contribution in [3.8, 4) is 0 Å². The van der Waals surface area contributed by atoms with Gasteiger partial charge in [-0.3, -0.25) is 19.4 Å². The van der Waals surface area contributed by atoms with Crippen molar-refractivity contribution in [1.82, 2.24) is 25.4 Å². The van der Waals surface area contributed by atoms with E-state index < -0.39 is 29.8 Å². The molecule has 0 spiro atoms. The van der Waals surface area contributed by atoms with Gasteiger partial charge >= 0.3 is 12.0 Å². The Morgan fingerprint density at radius 1 is 1.25 bits per heavy atom. The minimum Gasteiger partial charge on any atom is -0.411 e. The summed E-state index contributed by atoms with van der Waals surface area (Å²) in [7, 11) is 1.46. The Balaban J connectivity index is 1.60. The van der Waals surface area contributed by atoms with Crippen molar-refractivity contribution in [2.24, 2.45) is 5.92 Å². The van der Waals surface area contributed by atoms with E-state index >= 15 is 0 Å². The maximum Gasteiger partial charge on any atom is 0.325 e. The third-order valence-electron chi connectivity index (χ3n) is 6.22. The van der Waals surface area contributed by atoms with Gasteiger partial charge in [0.2, 0.25) is 12.3 Å². The van der Waals surface area contributed by atoms with Gasteiger partial charge in [0, 0.05) is 12.7 Å². The van der Waals surface area contributed by atoms with Gasteiger partial charge in [0.1, 0.15) is 11.9 Å². The molecule has 3 N–H and O–H groups in total. The highest BCUT2D eigenvalue weighted by molar-refractivity contribution is 6.12. The summed E-state index contributed by atoms with van der Waals surface area (Å²) in [4.78, 5) is 46.4. The molecule has 1 aliphatic rings. The second-order valence-corrected chi connectivity index (χ2v) is 8.83. The summed E-state index contributed by atoms with van der Waals surface area (Å²) in [5.41, 5.74) is 8.25. The number of nitrogens with two attached hydrogens (primary N) is 1. The molecule has 1 aromatic carbocycles. The quantitative estimate of drug-likeness (QED) is 0.457. The third-order valence-corrected chi connectivity index (χ3v) is 6.22. The number of carbonyl (C=O) groups excluding carboxylic acids is 3. The average Bonchev–Trinajstić information content (AvgIpc) is 3.39. The van der Waals surface area contributed by atoms with Crippen LogP contribution in [0.15, 0.2) is 53.3 Å². The minimum absolute atomic E-state index is 0.0318. The van der Waals surface area contributed by atoms with Crippen molar-refractivity contribution in [1.29, 1.82) is 0 Å². The highest BCUT2D eigenvalue weighted by Gasteiger charge is 2.55. The summed E-state index contributed by atoms with van der Waals surface area (Å²) < 4.78 is 5.15. The molecule has 0 radical (unpaired) electrons. The summed E-state index contributed by atoms with van der Waals surface area (Å²) in [6.45, 7) is 3.81. The first-order valence-electron chi connectivity index (χ1n) is 11.8. The molecule has 0 saturated carbocycles. The molecular weight excluding hydrogens is 462 g/mol. The molecule has 1 fully saturated rings. The number of urea groups is 1. The van der Waals surface area contributed by atoms with Crippen LogP contribution < -0.4 is 16.0 Å². The van der Waals surface area contributed by atoms with E-state index in [1.54, 1.807) is 13.0 Å². The number of amides is 4. The van der Waals surface area contributed by atoms with E-state index in [0.717, 1.165) is 33.7 Å². The molecule has 4 amide bonds.